The zero-order chi connectivity index (χ0) is 33.9. The molecule has 246 valence electrons. The van der Waals surface area contributed by atoms with Gasteiger partial charge in [0.05, 0.1) is 50.3 Å². The van der Waals surface area contributed by atoms with E-state index in [4.69, 9.17) is 23.7 Å². The van der Waals surface area contributed by atoms with Crippen LogP contribution < -0.4 is 35.0 Å². The number of nitrogens with zero attached hydrogens (tertiary/aromatic N) is 2. The Morgan fingerprint density at radius 1 is 1.13 bits per heavy atom. The van der Waals surface area contributed by atoms with Crippen molar-refractivity contribution < 1.29 is 38.4 Å². The Morgan fingerprint density at radius 2 is 1.91 bits per heavy atom. The lowest BCUT2D eigenvalue weighted by Gasteiger charge is -2.28. The van der Waals surface area contributed by atoms with Crippen LogP contribution in [-0.4, -0.2) is 57.0 Å². The normalized spacial score (nSPS) is 14.8. The number of esters is 1. The van der Waals surface area contributed by atoms with Gasteiger partial charge in [-0.1, -0.05) is 40.2 Å². The molecule has 1 aliphatic rings. The van der Waals surface area contributed by atoms with Gasteiger partial charge in [0.25, 0.3) is 0 Å². The Bertz CT molecular complexity index is 1720. The van der Waals surface area contributed by atoms with Gasteiger partial charge in [0.1, 0.15) is 13.2 Å². The maximum absolute atomic E-state index is 12.5. The summed E-state index contributed by atoms with van der Waals surface area (Å²) in [6.07, 6.45) is 0.242. The van der Waals surface area contributed by atoms with Crippen LogP contribution in [0, 0.1) is 11.3 Å². The first kappa shape index (κ1) is 34.6. The van der Waals surface area contributed by atoms with Crippen molar-refractivity contribution >= 4 is 34.1 Å². The molecule has 0 radical (unpaired) electrons. The number of ether oxygens (including phenoxy) is 5. The van der Waals surface area contributed by atoms with Gasteiger partial charge in [-0.15, -0.1) is 0 Å². The molecule has 0 fully saturated rings. The minimum atomic E-state index is -1.22. The van der Waals surface area contributed by atoms with Crippen LogP contribution >= 0.6 is 15.9 Å². The van der Waals surface area contributed by atoms with Crippen LogP contribution in [0.1, 0.15) is 42.1 Å². The fourth-order valence-corrected chi connectivity index (χ4v) is 5.17. The number of hydrazone groups is 1. The molecule has 3 aromatic rings. The summed E-state index contributed by atoms with van der Waals surface area (Å²) in [6.45, 7) is 3.65. The molecule has 0 aromatic heterocycles. The van der Waals surface area contributed by atoms with E-state index in [0.717, 1.165) is 0 Å². The third-order valence-corrected chi connectivity index (χ3v) is 7.34. The molecule has 13 nitrogen and oxygen atoms in total. The first-order valence-electron chi connectivity index (χ1n) is 14.4. The summed E-state index contributed by atoms with van der Waals surface area (Å²) in [5.41, 5.74) is 5.57. The third-order valence-electron chi connectivity index (χ3n) is 6.88. The molecule has 4 N–H and O–H groups in total. The number of amides is 2. The molecule has 3 aromatic carbocycles. The third kappa shape index (κ3) is 8.72. The van der Waals surface area contributed by atoms with E-state index in [1.807, 2.05) is 12.1 Å². The van der Waals surface area contributed by atoms with E-state index in [1.54, 1.807) is 56.3 Å². The van der Waals surface area contributed by atoms with Crippen molar-refractivity contribution in [3.63, 3.8) is 0 Å². The minimum absolute atomic E-state index is 0.122. The molecular formula is C33H34BrN5O8. The smallest absolute Gasteiger partial charge is 0.337 e. The topological polar surface area (TPSA) is 173 Å². The van der Waals surface area contributed by atoms with Crippen LogP contribution in [0.15, 0.2) is 75.4 Å². The maximum Gasteiger partial charge on any atom is 0.337 e. The monoisotopic (exact) mass is 707 g/mol. The number of carbonyl (C=O) groups excluding carboxylic acids is 2. The van der Waals surface area contributed by atoms with Gasteiger partial charge in [0.2, 0.25) is 0 Å². The van der Waals surface area contributed by atoms with Gasteiger partial charge in [0, 0.05) is 21.3 Å². The molecule has 0 unspecified atom stereocenters. The first-order valence-corrected chi connectivity index (χ1v) is 15.2. The summed E-state index contributed by atoms with van der Waals surface area (Å²) in [4.78, 5) is 24.7. The number of urea groups is 1. The van der Waals surface area contributed by atoms with Crippen LogP contribution in [0.4, 0.5) is 4.79 Å². The largest absolute Gasteiger partial charge is 0.493 e. The number of aliphatic hydroxyl groups excluding tert-OH is 1. The number of halogens is 1. The molecule has 1 heterocycles. The fourth-order valence-electron chi connectivity index (χ4n) is 4.71. The van der Waals surface area contributed by atoms with Gasteiger partial charge in [-0.2, -0.15) is 10.4 Å². The molecule has 47 heavy (non-hydrogen) atoms. The Labute approximate surface area is 280 Å². The van der Waals surface area contributed by atoms with Crippen molar-refractivity contribution in [2.75, 3.05) is 27.4 Å². The highest BCUT2D eigenvalue weighted by atomic mass is 79.9. The lowest BCUT2D eigenvalue weighted by Crippen LogP contribution is -2.45. The maximum atomic E-state index is 12.5. The Morgan fingerprint density at radius 3 is 2.64 bits per heavy atom. The lowest BCUT2D eigenvalue weighted by atomic mass is 9.95. The molecule has 0 spiro atoms. The number of aliphatic hydroxyl groups is 1. The number of hydrogen-bond acceptors (Lipinski definition) is 11. The standard InChI is InChI=1S/C33H34BrN5O8/c1-5-45-26-13-20(30-29(32(41)44-4)19(2)37-33(42)38-30)10-11-25(26)46-18-28(40)39-36-16-23-12-24(34)14-27(43-3)31(23)47-17-22-9-7-6-8-21(22)15-35/h6-14,16,28,30,39-40H,5,17-18H2,1-4H3,(H2,37,38,42)/b36-16+/t28-,30+/m1/s1. The number of benzene rings is 3. The van der Waals surface area contributed by atoms with E-state index in [0.29, 0.717) is 62.0 Å². The van der Waals surface area contributed by atoms with Crippen LogP contribution in [0.5, 0.6) is 23.0 Å². The summed E-state index contributed by atoms with van der Waals surface area (Å²) in [5, 5.41) is 29.5. The van der Waals surface area contributed by atoms with Crippen molar-refractivity contribution in [1.82, 2.24) is 16.1 Å². The van der Waals surface area contributed by atoms with Gasteiger partial charge in [0.15, 0.2) is 29.2 Å². The van der Waals surface area contributed by atoms with E-state index >= 15 is 0 Å². The van der Waals surface area contributed by atoms with Crippen LogP contribution in [0.2, 0.25) is 0 Å². The molecule has 0 saturated heterocycles. The number of methoxy groups -OCH3 is 2. The average molecular weight is 709 g/mol. The SMILES string of the molecule is CCOc1cc([C@@H]2NC(=O)NC(C)=C2C(=O)OC)ccc1OC[C@@H](O)N/N=C/c1cc(Br)cc(OC)c1OCc1ccccc1C#N. The molecule has 2 atom stereocenters. The summed E-state index contributed by atoms with van der Waals surface area (Å²) in [5.74, 6) is 0.922. The second-order valence-corrected chi connectivity index (χ2v) is 10.9. The molecule has 0 bridgehead atoms. The van der Waals surface area contributed by atoms with E-state index in [-0.39, 0.29) is 18.8 Å². The van der Waals surface area contributed by atoms with Gasteiger partial charge in [-0.3, -0.25) is 5.43 Å². The Balaban J connectivity index is 1.45. The molecule has 14 heteroatoms. The predicted molar refractivity (Wildman–Crippen MR) is 175 cm³/mol. The molecule has 2 amide bonds. The summed E-state index contributed by atoms with van der Waals surface area (Å²) >= 11 is 3.46. The number of nitriles is 1. The van der Waals surface area contributed by atoms with E-state index < -0.39 is 24.3 Å². The lowest BCUT2D eigenvalue weighted by molar-refractivity contribution is -0.136. The number of carbonyl (C=O) groups is 2. The van der Waals surface area contributed by atoms with Gasteiger partial charge < -0.3 is 39.4 Å². The summed E-state index contributed by atoms with van der Waals surface area (Å²) < 4.78 is 28.8. The molecule has 4 rings (SSSR count). The van der Waals surface area contributed by atoms with E-state index in [9.17, 15) is 20.0 Å². The molecule has 1 aliphatic heterocycles. The second kappa shape index (κ2) is 16.3. The second-order valence-electron chi connectivity index (χ2n) is 10.00. The van der Waals surface area contributed by atoms with Crippen molar-refractivity contribution in [1.29, 1.82) is 5.26 Å². The molecule has 0 aliphatic carbocycles. The highest BCUT2D eigenvalue weighted by Gasteiger charge is 2.32. The van der Waals surface area contributed by atoms with Crippen LogP contribution in [-0.2, 0) is 16.1 Å². The van der Waals surface area contributed by atoms with Crippen molar-refractivity contribution in [3.8, 4) is 29.1 Å². The first-order chi connectivity index (χ1) is 22.7. The molecule has 0 saturated carbocycles. The van der Waals surface area contributed by atoms with Gasteiger partial charge >= 0.3 is 12.0 Å². The fraction of sp³-hybridized carbons (Fsp3) is 0.273. The van der Waals surface area contributed by atoms with Crippen LogP contribution in [0.3, 0.4) is 0 Å². The zero-order valence-electron chi connectivity index (χ0n) is 26.1. The van der Waals surface area contributed by atoms with E-state index in [1.165, 1.54) is 20.4 Å². The zero-order valence-corrected chi connectivity index (χ0v) is 27.7. The number of rotatable bonds is 14. The van der Waals surface area contributed by atoms with Crippen molar-refractivity contribution in [2.24, 2.45) is 5.10 Å². The summed E-state index contributed by atoms with van der Waals surface area (Å²) in [7, 11) is 2.78. The highest BCUT2D eigenvalue weighted by Crippen LogP contribution is 2.36. The van der Waals surface area contributed by atoms with E-state index in [2.05, 4.69) is 43.2 Å². The average Bonchev–Trinajstić information content (AvgIpc) is 3.06. The minimum Gasteiger partial charge on any atom is -0.493 e. The number of nitrogens with one attached hydrogen (secondary N) is 3. The predicted octanol–water partition coefficient (Wildman–Crippen LogP) is 4.43. The van der Waals surface area contributed by atoms with Gasteiger partial charge in [-0.25, -0.2) is 9.59 Å². The highest BCUT2D eigenvalue weighted by molar-refractivity contribution is 9.10. The van der Waals surface area contributed by atoms with Crippen molar-refractivity contribution in [2.45, 2.75) is 32.7 Å². The van der Waals surface area contributed by atoms with Crippen LogP contribution in [0.25, 0.3) is 0 Å². The van der Waals surface area contributed by atoms with Crippen molar-refractivity contribution in [3.05, 3.63) is 92.6 Å². The van der Waals surface area contributed by atoms with Gasteiger partial charge in [-0.05, 0) is 49.7 Å². The Hall–Kier alpha value is -5.26. The molecular weight excluding hydrogens is 674 g/mol. The summed E-state index contributed by atoms with van der Waals surface area (Å²) in [6, 6.07) is 16.5. The quantitative estimate of drug-likeness (QED) is 0.0813. The number of hydrogen-bond donors (Lipinski definition) is 4. The Kier molecular flexibility index (Phi) is 12.0. The number of allylic oxidation sites excluding steroid dienone is 1.